The van der Waals surface area contributed by atoms with E-state index < -0.39 is 0 Å². The summed E-state index contributed by atoms with van der Waals surface area (Å²) in [7, 11) is 1.94. The fraction of sp³-hybridized carbons (Fsp3) is 0.385. The summed E-state index contributed by atoms with van der Waals surface area (Å²) >= 11 is 0. The average Bonchev–Trinajstić information content (AvgIpc) is 2.26. The molecule has 1 nitrogen and oxygen atoms in total. The van der Waals surface area contributed by atoms with Crippen molar-refractivity contribution in [2.24, 2.45) is 0 Å². The fourth-order valence-corrected chi connectivity index (χ4v) is 1.49. The Kier molecular flexibility index (Phi) is 4.22. The van der Waals surface area contributed by atoms with E-state index in [-0.39, 0.29) is 6.04 Å². The Labute approximate surface area is 86.5 Å². The largest absolute Gasteiger partial charge is 0.312 e. The van der Waals surface area contributed by atoms with Crippen molar-refractivity contribution < 1.29 is 0 Å². The normalized spacial score (nSPS) is 12.1. The zero-order valence-electron chi connectivity index (χ0n) is 8.88. The molecule has 0 aliphatic heterocycles. The monoisotopic (exact) mass is 187 g/mol. The van der Waals surface area contributed by atoms with Crippen LogP contribution < -0.4 is 5.32 Å². The van der Waals surface area contributed by atoms with E-state index in [0.717, 1.165) is 12.8 Å². The standard InChI is InChI=1S/C13H17N/c1-4-6-13(14-3)12-9-7-11(5-2)8-10-12/h1,7-10,13-14H,5-6H2,2-3H3. The fourth-order valence-electron chi connectivity index (χ4n) is 1.49. The van der Waals surface area contributed by atoms with Gasteiger partial charge in [0.25, 0.3) is 0 Å². The minimum absolute atomic E-state index is 0.283. The van der Waals surface area contributed by atoms with Gasteiger partial charge >= 0.3 is 0 Å². The highest BCUT2D eigenvalue weighted by molar-refractivity contribution is 5.25. The SMILES string of the molecule is C#CCC(NC)c1ccc(CC)cc1. The maximum Gasteiger partial charge on any atom is 0.0428 e. The number of hydrogen-bond acceptors (Lipinski definition) is 1. The molecule has 0 aliphatic rings. The summed E-state index contributed by atoms with van der Waals surface area (Å²) in [5.74, 6) is 2.68. The summed E-state index contributed by atoms with van der Waals surface area (Å²) in [5, 5.41) is 3.21. The number of rotatable bonds is 4. The zero-order chi connectivity index (χ0) is 10.4. The van der Waals surface area contributed by atoms with Crippen molar-refractivity contribution in [3.63, 3.8) is 0 Å². The van der Waals surface area contributed by atoms with Crippen LogP contribution in [0.2, 0.25) is 0 Å². The van der Waals surface area contributed by atoms with Crippen LogP contribution in [0.3, 0.4) is 0 Å². The van der Waals surface area contributed by atoms with Crippen molar-refractivity contribution in [1.82, 2.24) is 5.32 Å². The number of terminal acetylenes is 1. The molecule has 0 saturated heterocycles. The number of hydrogen-bond donors (Lipinski definition) is 1. The van der Waals surface area contributed by atoms with E-state index in [0.29, 0.717) is 0 Å². The molecule has 0 radical (unpaired) electrons. The topological polar surface area (TPSA) is 12.0 Å². The highest BCUT2D eigenvalue weighted by Gasteiger charge is 2.06. The average molecular weight is 187 g/mol. The van der Waals surface area contributed by atoms with Crippen molar-refractivity contribution in [1.29, 1.82) is 0 Å². The summed E-state index contributed by atoms with van der Waals surface area (Å²) in [6.07, 6.45) is 7.13. The minimum atomic E-state index is 0.283. The molecule has 0 bridgehead atoms. The Bertz CT molecular complexity index is 305. The maximum absolute atomic E-state index is 5.31. The first-order valence-electron chi connectivity index (χ1n) is 5.01. The third-order valence-corrected chi connectivity index (χ3v) is 2.46. The molecule has 1 N–H and O–H groups in total. The van der Waals surface area contributed by atoms with E-state index in [9.17, 15) is 0 Å². The Hall–Kier alpha value is -1.26. The molecule has 1 aromatic rings. The maximum atomic E-state index is 5.31. The van der Waals surface area contributed by atoms with Gasteiger partial charge in [-0.2, -0.15) is 0 Å². The van der Waals surface area contributed by atoms with Gasteiger partial charge in [0.15, 0.2) is 0 Å². The highest BCUT2D eigenvalue weighted by Crippen LogP contribution is 2.16. The van der Waals surface area contributed by atoms with E-state index in [4.69, 9.17) is 6.42 Å². The van der Waals surface area contributed by atoms with Crippen molar-refractivity contribution in [3.8, 4) is 12.3 Å². The molecule has 1 rings (SSSR count). The van der Waals surface area contributed by atoms with Gasteiger partial charge in [0.1, 0.15) is 0 Å². The van der Waals surface area contributed by atoms with Crippen LogP contribution in [0.4, 0.5) is 0 Å². The molecule has 0 heterocycles. The molecule has 0 saturated carbocycles. The van der Waals surface area contributed by atoms with Gasteiger partial charge in [0.2, 0.25) is 0 Å². The second-order valence-corrected chi connectivity index (χ2v) is 3.34. The molecular formula is C13H17N. The number of nitrogens with one attached hydrogen (secondary N) is 1. The smallest absolute Gasteiger partial charge is 0.0428 e. The lowest BCUT2D eigenvalue weighted by Gasteiger charge is -2.13. The predicted octanol–water partition coefficient (Wildman–Crippen LogP) is 2.53. The van der Waals surface area contributed by atoms with Crippen molar-refractivity contribution in [2.75, 3.05) is 7.05 Å². The molecular weight excluding hydrogens is 170 g/mol. The molecule has 0 fully saturated rings. The Morgan fingerprint density at radius 2 is 2.00 bits per heavy atom. The van der Waals surface area contributed by atoms with Crippen LogP contribution in [0.25, 0.3) is 0 Å². The quantitative estimate of drug-likeness (QED) is 0.714. The van der Waals surface area contributed by atoms with Crippen molar-refractivity contribution >= 4 is 0 Å². The summed E-state index contributed by atoms with van der Waals surface area (Å²) in [6, 6.07) is 8.91. The summed E-state index contributed by atoms with van der Waals surface area (Å²) in [5.41, 5.74) is 2.63. The third-order valence-electron chi connectivity index (χ3n) is 2.46. The lowest BCUT2D eigenvalue weighted by molar-refractivity contribution is 0.611. The highest BCUT2D eigenvalue weighted by atomic mass is 14.9. The second kappa shape index (κ2) is 5.47. The van der Waals surface area contributed by atoms with Gasteiger partial charge in [-0.3, -0.25) is 0 Å². The Balaban J connectivity index is 2.79. The lowest BCUT2D eigenvalue weighted by atomic mass is 10.0. The van der Waals surface area contributed by atoms with Gasteiger partial charge in [0.05, 0.1) is 0 Å². The lowest BCUT2D eigenvalue weighted by Crippen LogP contribution is -2.15. The molecule has 0 aliphatic carbocycles. The van der Waals surface area contributed by atoms with Crippen molar-refractivity contribution in [3.05, 3.63) is 35.4 Å². The first-order chi connectivity index (χ1) is 6.81. The van der Waals surface area contributed by atoms with Crippen molar-refractivity contribution in [2.45, 2.75) is 25.8 Å². The third kappa shape index (κ3) is 2.61. The van der Waals surface area contributed by atoms with Gasteiger partial charge in [0, 0.05) is 12.5 Å². The van der Waals surface area contributed by atoms with Gasteiger partial charge in [-0.15, -0.1) is 12.3 Å². The molecule has 1 aromatic carbocycles. The van der Waals surface area contributed by atoms with Gasteiger partial charge in [-0.25, -0.2) is 0 Å². The van der Waals surface area contributed by atoms with Crippen LogP contribution in [0.5, 0.6) is 0 Å². The summed E-state index contributed by atoms with van der Waals surface area (Å²) < 4.78 is 0. The van der Waals surface area contributed by atoms with E-state index >= 15 is 0 Å². The minimum Gasteiger partial charge on any atom is -0.312 e. The van der Waals surface area contributed by atoms with Crippen LogP contribution in [-0.2, 0) is 6.42 Å². The summed E-state index contributed by atoms with van der Waals surface area (Å²) in [4.78, 5) is 0. The van der Waals surface area contributed by atoms with Gasteiger partial charge < -0.3 is 5.32 Å². The van der Waals surface area contributed by atoms with Crippen LogP contribution >= 0.6 is 0 Å². The molecule has 1 heteroatoms. The second-order valence-electron chi connectivity index (χ2n) is 3.34. The van der Waals surface area contributed by atoms with Gasteiger partial charge in [-0.05, 0) is 24.6 Å². The van der Waals surface area contributed by atoms with E-state index in [1.807, 2.05) is 7.05 Å². The first-order valence-corrected chi connectivity index (χ1v) is 5.01. The molecule has 1 atom stereocenters. The number of aryl methyl sites for hydroxylation is 1. The van der Waals surface area contributed by atoms with Crippen LogP contribution in [-0.4, -0.2) is 7.05 Å². The molecule has 0 aromatic heterocycles. The Morgan fingerprint density at radius 1 is 1.36 bits per heavy atom. The number of benzene rings is 1. The van der Waals surface area contributed by atoms with Crippen LogP contribution in [0.1, 0.15) is 30.5 Å². The summed E-state index contributed by atoms with van der Waals surface area (Å²) in [6.45, 7) is 2.16. The molecule has 0 spiro atoms. The van der Waals surface area contributed by atoms with Crippen LogP contribution in [0.15, 0.2) is 24.3 Å². The van der Waals surface area contributed by atoms with E-state index in [2.05, 4.69) is 42.4 Å². The Morgan fingerprint density at radius 3 is 2.43 bits per heavy atom. The van der Waals surface area contributed by atoms with Crippen LogP contribution in [0, 0.1) is 12.3 Å². The molecule has 0 amide bonds. The molecule has 1 unspecified atom stereocenters. The predicted molar refractivity (Wildman–Crippen MR) is 61.1 cm³/mol. The van der Waals surface area contributed by atoms with E-state index in [1.165, 1.54) is 11.1 Å². The zero-order valence-corrected chi connectivity index (χ0v) is 8.88. The first kappa shape index (κ1) is 10.8. The van der Waals surface area contributed by atoms with Gasteiger partial charge in [-0.1, -0.05) is 31.2 Å². The molecule has 74 valence electrons. The molecule has 14 heavy (non-hydrogen) atoms. The van der Waals surface area contributed by atoms with E-state index in [1.54, 1.807) is 0 Å².